The zero-order chi connectivity index (χ0) is 16.8. The van der Waals surface area contributed by atoms with E-state index in [9.17, 15) is 5.11 Å². The minimum atomic E-state index is -0.565. The third-order valence-electron chi connectivity index (χ3n) is 5.60. The Morgan fingerprint density at radius 3 is 2.56 bits per heavy atom. The van der Waals surface area contributed by atoms with Gasteiger partial charge in [0.05, 0.1) is 18.8 Å². The van der Waals surface area contributed by atoms with Crippen LogP contribution in [0.25, 0.3) is 0 Å². The average molecular weight is 466 g/mol. The van der Waals surface area contributed by atoms with Crippen LogP contribution in [0.4, 0.5) is 0 Å². The van der Waals surface area contributed by atoms with E-state index in [0.717, 1.165) is 83.5 Å². The Balaban J connectivity index is 0.00000225. The number of ether oxygens (including phenoxy) is 1. The number of aliphatic hydroxyl groups is 1. The molecule has 6 nitrogen and oxygen atoms in total. The highest BCUT2D eigenvalue weighted by molar-refractivity contribution is 14.0. The molecule has 25 heavy (non-hydrogen) atoms. The summed E-state index contributed by atoms with van der Waals surface area (Å²) in [5, 5.41) is 13.9. The largest absolute Gasteiger partial charge is 0.388 e. The van der Waals surface area contributed by atoms with Crippen LogP contribution in [0.15, 0.2) is 4.99 Å². The van der Waals surface area contributed by atoms with E-state index in [1.807, 2.05) is 0 Å². The smallest absolute Gasteiger partial charge is 0.194 e. The Bertz CT molecular complexity index is 415. The zero-order valence-electron chi connectivity index (χ0n) is 15.6. The second-order valence-corrected chi connectivity index (χ2v) is 7.62. The summed E-state index contributed by atoms with van der Waals surface area (Å²) in [6.45, 7) is 10.8. The Kier molecular flexibility index (Phi) is 8.71. The minimum Gasteiger partial charge on any atom is -0.388 e. The zero-order valence-corrected chi connectivity index (χ0v) is 17.9. The molecule has 3 aliphatic rings. The molecule has 2 heterocycles. The van der Waals surface area contributed by atoms with Crippen LogP contribution in [0, 0.1) is 5.92 Å². The highest BCUT2D eigenvalue weighted by atomic mass is 127. The Hall–Kier alpha value is -0.120. The van der Waals surface area contributed by atoms with Crippen LogP contribution in [-0.4, -0.2) is 85.5 Å². The molecule has 1 saturated carbocycles. The molecule has 7 heteroatoms. The third-order valence-corrected chi connectivity index (χ3v) is 5.60. The van der Waals surface area contributed by atoms with E-state index in [-0.39, 0.29) is 24.0 Å². The fraction of sp³-hybridized carbons (Fsp3) is 0.944. The number of rotatable bonds is 5. The number of nitrogens with one attached hydrogen (secondary N) is 1. The first kappa shape index (κ1) is 21.2. The predicted octanol–water partition coefficient (Wildman–Crippen LogP) is 1.53. The number of hydrogen-bond donors (Lipinski definition) is 2. The molecule has 0 aromatic carbocycles. The van der Waals surface area contributed by atoms with Gasteiger partial charge in [-0.1, -0.05) is 12.8 Å². The lowest BCUT2D eigenvalue weighted by atomic mass is 10.0. The van der Waals surface area contributed by atoms with Crippen molar-refractivity contribution >= 4 is 29.9 Å². The van der Waals surface area contributed by atoms with Crippen molar-refractivity contribution in [3.05, 3.63) is 0 Å². The van der Waals surface area contributed by atoms with Crippen molar-refractivity contribution in [1.29, 1.82) is 0 Å². The number of guanidine groups is 1. The molecule has 0 aromatic rings. The van der Waals surface area contributed by atoms with Crippen molar-refractivity contribution < 1.29 is 9.84 Å². The number of halogens is 1. The molecule has 1 atom stereocenters. The number of aliphatic imine (C=N–C) groups is 1. The van der Waals surface area contributed by atoms with Crippen molar-refractivity contribution in [3.8, 4) is 0 Å². The molecule has 3 fully saturated rings. The predicted molar refractivity (Wildman–Crippen MR) is 112 cm³/mol. The molecular weight excluding hydrogens is 431 g/mol. The van der Waals surface area contributed by atoms with Crippen LogP contribution in [0.5, 0.6) is 0 Å². The van der Waals surface area contributed by atoms with Crippen LogP contribution >= 0.6 is 24.0 Å². The lowest BCUT2D eigenvalue weighted by molar-refractivity contribution is 0.0569. The molecule has 0 radical (unpaired) electrons. The summed E-state index contributed by atoms with van der Waals surface area (Å²) < 4.78 is 5.49. The van der Waals surface area contributed by atoms with Gasteiger partial charge in [-0.3, -0.25) is 9.89 Å². The number of nitrogens with zero attached hydrogens (tertiary/aromatic N) is 3. The Labute approximate surface area is 169 Å². The average Bonchev–Trinajstić information content (AvgIpc) is 3.25. The third kappa shape index (κ3) is 6.22. The van der Waals surface area contributed by atoms with Crippen molar-refractivity contribution in [1.82, 2.24) is 15.1 Å². The first-order valence-electron chi connectivity index (χ1n) is 9.74. The quantitative estimate of drug-likeness (QED) is 0.366. The molecule has 0 spiro atoms. The van der Waals surface area contributed by atoms with Gasteiger partial charge in [-0.25, -0.2) is 0 Å². The summed E-state index contributed by atoms with van der Waals surface area (Å²) in [4.78, 5) is 9.67. The molecule has 3 rings (SSSR count). The SMILES string of the molecule is CCNC(=NCC1(O)CCCC1)N1CCN(CC2CCOC2)CC1.I. The summed E-state index contributed by atoms with van der Waals surface area (Å²) in [5.74, 6) is 1.69. The monoisotopic (exact) mass is 466 g/mol. The van der Waals surface area contributed by atoms with Gasteiger partial charge in [0.2, 0.25) is 0 Å². The van der Waals surface area contributed by atoms with Crippen molar-refractivity contribution in [2.45, 2.75) is 44.6 Å². The molecule has 2 N–H and O–H groups in total. The van der Waals surface area contributed by atoms with Crippen LogP contribution in [-0.2, 0) is 4.74 Å². The van der Waals surface area contributed by atoms with Gasteiger partial charge < -0.3 is 20.1 Å². The van der Waals surface area contributed by atoms with E-state index >= 15 is 0 Å². The summed E-state index contributed by atoms with van der Waals surface area (Å²) in [6.07, 6.45) is 5.27. The van der Waals surface area contributed by atoms with E-state index in [1.54, 1.807) is 0 Å². The van der Waals surface area contributed by atoms with Crippen LogP contribution < -0.4 is 5.32 Å². The van der Waals surface area contributed by atoms with E-state index in [2.05, 4.69) is 22.0 Å². The van der Waals surface area contributed by atoms with Gasteiger partial charge in [-0.15, -0.1) is 24.0 Å². The molecule has 0 amide bonds. The summed E-state index contributed by atoms with van der Waals surface area (Å²) >= 11 is 0. The Morgan fingerprint density at radius 1 is 1.24 bits per heavy atom. The van der Waals surface area contributed by atoms with Gasteiger partial charge in [0.25, 0.3) is 0 Å². The fourth-order valence-electron chi connectivity index (χ4n) is 4.07. The van der Waals surface area contributed by atoms with Crippen molar-refractivity contribution in [2.75, 3.05) is 59.0 Å². The van der Waals surface area contributed by atoms with E-state index in [1.165, 1.54) is 13.0 Å². The number of hydrogen-bond acceptors (Lipinski definition) is 4. The van der Waals surface area contributed by atoms with Crippen molar-refractivity contribution in [3.63, 3.8) is 0 Å². The van der Waals surface area contributed by atoms with Gasteiger partial charge in [0, 0.05) is 45.9 Å². The van der Waals surface area contributed by atoms with E-state index in [4.69, 9.17) is 9.73 Å². The second kappa shape index (κ2) is 10.3. The highest BCUT2D eigenvalue weighted by Crippen LogP contribution is 2.29. The second-order valence-electron chi connectivity index (χ2n) is 7.62. The van der Waals surface area contributed by atoms with Gasteiger partial charge in [-0.05, 0) is 32.1 Å². The molecule has 1 aliphatic carbocycles. The topological polar surface area (TPSA) is 60.3 Å². The first-order chi connectivity index (χ1) is 11.7. The minimum absolute atomic E-state index is 0. The maximum atomic E-state index is 10.5. The fourth-order valence-corrected chi connectivity index (χ4v) is 4.07. The van der Waals surface area contributed by atoms with Gasteiger partial charge >= 0.3 is 0 Å². The van der Waals surface area contributed by atoms with Gasteiger partial charge in [0.15, 0.2) is 5.96 Å². The Morgan fingerprint density at radius 2 is 1.96 bits per heavy atom. The number of piperazine rings is 1. The van der Waals surface area contributed by atoms with E-state index in [0.29, 0.717) is 6.54 Å². The molecule has 0 aromatic heterocycles. The lowest BCUT2D eigenvalue weighted by Crippen LogP contribution is -2.53. The lowest BCUT2D eigenvalue weighted by Gasteiger charge is -2.37. The van der Waals surface area contributed by atoms with Crippen LogP contribution in [0.1, 0.15) is 39.0 Å². The molecule has 2 aliphatic heterocycles. The van der Waals surface area contributed by atoms with Gasteiger partial charge in [0.1, 0.15) is 0 Å². The van der Waals surface area contributed by atoms with E-state index < -0.39 is 5.60 Å². The molecule has 2 saturated heterocycles. The summed E-state index contributed by atoms with van der Waals surface area (Å²) in [7, 11) is 0. The highest BCUT2D eigenvalue weighted by Gasteiger charge is 2.31. The van der Waals surface area contributed by atoms with Gasteiger partial charge in [-0.2, -0.15) is 0 Å². The van der Waals surface area contributed by atoms with Crippen molar-refractivity contribution in [2.24, 2.45) is 10.9 Å². The maximum Gasteiger partial charge on any atom is 0.194 e. The normalized spacial score (nSPS) is 27.4. The standard InChI is InChI=1S/C18H34N4O2.HI/c1-2-19-17(20-15-18(23)6-3-4-7-18)22-10-8-21(9-11-22)13-16-5-12-24-14-16;/h16,23H,2-15H2,1H3,(H,19,20);1H. The first-order valence-corrected chi connectivity index (χ1v) is 9.74. The summed E-state index contributed by atoms with van der Waals surface area (Å²) in [5.41, 5.74) is -0.565. The summed E-state index contributed by atoms with van der Waals surface area (Å²) in [6, 6.07) is 0. The van der Waals surface area contributed by atoms with Crippen LogP contribution in [0.3, 0.4) is 0 Å². The molecule has 0 bridgehead atoms. The molecular formula is C18H35IN4O2. The molecule has 1 unspecified atom stereocenters. The molecule has 146 valence electrons. The maximum absolute atomic E-state index is 10.5. The van der Waals surface area contributed by atoms with Crippen LogP contribution in [0.2, 0.25) is 0 Å².